The maximum Gasteiger partial charge on any atom is 0.254 e. The zero-order valence-corrected chi connectivity index (χ0v) is 12.9. The van der Waals surface area contributed by atoms with Crippen LogP contribution in [0, 0.1) is 6.92 Å². The van der Waals surface area contributed by atoms with Crippen molar-refractivity contribution in [2.75, 3.05) is 26.2 Å². The molecule has 0 aliphatic carbocycles. The summed E-state index contributed by atoms with van der Waals surface area (Å²) < 4.78 is 0.976. The third-order valence-electron chi connectivity index (χ3n) is 3.53. The lowest BCUT2D eigenvalue weighted by atomic mass is 10.1. The number of benzene rings is 1. The van der Waals surface area contributed by atoms with Crippen LogP contribution in [0.25, 0.3) is 10.9 Å². The number of nitrogens with one attached hydrogen (secondary N) is 1. The number of carbonyl (C=O) groups excluding carboxylic acids is 1. The van der Waals surface area contributed by atoms with Gasteiger partial charge >= 0.3 is 0 Å². The summed E-state index contributed by atoms with van der Waals surface area (Å²) in [4.78, 5) is 19.1. The highest BCUT2D eigenvalue weighted by atomic mass is 79.9. The minimum absolute atomic E-state index is 0.101. The van der Waals surface area contributed by atoms with E-state index in [0.29, 0.717) is 0 Å². The SMILES string of the molecule is Cc1cc(C(=O)N2CCNCC2)c2ccc(Br)cc2n1. The van der Waals surface area contributed by atoms with Crippen LogP contribution in [-0.2, 0) is 0 Å². The Hall–Kier alpha value is -1.46. The molecule has 104 valence electrons. The number of aryl methyl sites for hydroxylation is 1. The molecule has 4 nitrogen and oxygen atoms in total. The number of piperazine rings is 1. The zero-order chi connectivity index (χ0) is 14.1. The van der Waals surface area contributed by atoms with Gasteiger partial charge in [0.2, 0.25) is 0 Å². The van der Waals surface area contributed by atoms with Crippen molar-refractivity contribution in [1.82, 2.24) is 15.2 Å². The minimum atomic E-state index is 0.101. The Bertz CT molecular complexity index is 660. The number of carbonyl (C=O) groups is 1. The first kappa shape index (κ1) is 13.5. The lowest BCUT2D eigenvalue weighted by Crippen LogP contribution is -2.46. The number of fused-ring (bicyclic) bond motifs is 1. The van der Waals surface area contributed by atoms with Gasteiger partial charge in [-0.3, -0.25) is 9.78 Å². The minimum Gasteiger partial charge on any atom is -0.336 e. The number of aromatic nitrogens is 1. The molecule has 1 saturated heterocycles. The second kappa shape index (κ2) is 5.50. The molecule has 1 aliphatic heterocycles. The molecule has 0 bridgehead atoms. The molecule has 2 heterocycles. The van der Waals surface area contributed by atoms with Gasteiger partial charge in [0.15, 0.2) is 0 Å². The summed E-state index contributed by atoms with van der Waals surface area (Å²) in [5.74, 6) is 0.101. The zero-order valence-electron chi connectivity index (χ0n) is 11.3. The molecular weight excluding hydrogens is 318 g/mol. The van der Waals surface area contributed by atoms with Gasteiger partial charge in [0.05, 0.1) is 11.1 Å². The van der Waals surface area contributed by atoms with Gasteiger partial charge < -0.3 is 10.2 Å². The van der Waals surface area contributed by atoms with E-state index in [2.05, 4.69) is 26.2 Å². The van der Waals surface area contributed by atoms with Crippen molar-refractivity contribution in [3.8, 4) is 0 Å². The Morgan fingerprint density at radius 1 is 1.30 bits per heavy atom. The summed E-state index contributed by atoms with van der Waals surface area (Å²) >= 11 is 3.45. The van der Waals surface area contributed by atoms with Crippen molar-refractivity contribution in [3.63, 3.8) is 0 Å². The van der Waals surface area contributed by atoms with E-state index in [9.17, 15) is 4.79 Å². The molecule has 0 atom stereocenters. The van der Waals surface area contributed by atoms with Crippen LogP contribution in [0.5, 0.6) is 0 Å². The first-order valence-corrected chi connectivity index (χ1v) is 7.51. The fourth-order valence-electron chi connectivity index (χ4n) is 2.55. The van der Waals surface area contributed by atoms with Crippen LogP contribution in [0.1, 0.15) is 16.1 Å². The third kappa shape index (κ3) is 2.55. The van der Waals surface area contributed by atoms with Gasteiger partial charge in [0.1, 0.15) is 0 Å². The molecule has 0 unspecified atom stereocenters. The molecule has 20 heavy (non-hydrogen) atoms. The molecule has 1 N–H and O–H groups in total. The number of halogens is 1. The molecule has 3 rings (SSSR count). The molecule has 1 aromatic carbocycles. The first-order valence-electron chi connectivity index (χ1n) is 6.72. The molecule has 2 aromatic rings. The molecule has 1 aliphatic rings. The first-order chi connectivity index (χ1) is 9.65. The van der Waals surface area contributed by atoms with Gasteiger partial charge in [-0.15, -0.1) is 0 Å². The van der Waals surface area contributed by atoms with Gasteiger partial charge in [0.25, 0.3) is 5.91 Å². The average Bonchev–Trinajstić information content (AvgIpc) is 2.46. The van der Waals surface area contributed by atoms with Crippen LogP contribution in [0.4, 0.5) is 0 Å². The molecular formula is C15H16BrN3O. The fourth-order valence-corrected chi connectivity index (χ4v) is 2.90. The lowest BCUT2D eigenvalue weighted by molar-refractivity contribution is 0.0737. The van der Waals surface area contributed by atoms with Crippen LogP contribution >= 0.6 is 15.9 Å². The number of rotatable bonds is 1. The molecule has 1 fully saturated rings. The molecule has 0 spiro atoms. The highest BCUT2D eigenvalue weighted by molar-refractivity contribution is 9.10. The van der Waals surface area contributed by atoms with Crippen LogP contribution in [0.15, 0.2) is 28.7 Å². The number of hydrogen-bond donors (Lipinski definition) is 1. The van der Waals surface area contributed by atoms with Crippen molar-refractivity contribution in [2.24, 2.45) is 0 Å². The molecule has 0 saturated carbocycles. The number of nitrogens with zero attached hydrogens (tertiary/aromatic N) is 2. The second-order valence-corrected chi connectivity index (χ2v) is 5.93. The van der Waals surface area contributed by atoms with Crippen molar-refractivity contribution >= 4 is 32.7 Å². The number of hydrogen-bond acceptors (Lipinski definition) is 3. The standard InChI is InChI=1S/C15H16BrN3O/c1-10-8-13(15(20)19-6-4-17-5-7-19)12-3-2-11(16)9-14(12)18-10/h2-3,8-9,17H,4-7H2,1H3. The second-order valence-electron chi connectivity index (χ2n) is 5.01. The molecule has 1 aromatic heterocycles. The summed E-state index contributed by atoms with van der Waals surface area (Å²) in [5, 5.41) is 4.18. The predicted octanol–water partition coefficient (Wildman–Crippen LogP) is 2.35. The Kier molecular flexibility index (Phi) is 3.72. The van der Waals surface area contributed by atoms with Crippen molar-refractivity contribution in [1.29, 1.82) is 0 Å². The van der Waals surface area contributed by atoms with Gasteiger partial charge in [-0.1, -0.05) is 22.0 Å². The van der Waals surface area contributed by atoms with E-state index in [1.165, 1.54) is 0 Å². The summed E-state index contributed by atoms with van der Waals surface area (Å²) in [5.41, 5.74) is 2.48. The Morgan fingerprint density at radius 2 is 2.05 bits per heavy atom. The molecule has 5 heteroatoms. The Balaban J connectivity index is 2.07. The van der Waals surface area contributed by atoms with E-state index in [1.807, 2.05) is 36.1 Å². The van der Waals surface area contributed by atoms with Crippen LogP contribution in [0.3, 0.4) is 0 Å². The van der Waals surface area contributed by atoms with Crippen molar-refractivity contribution < 1.29 is 4.79 Å². The smallest absolute Gasteiger partial charge is 0.254 e. The number of pyridine rings is 1. The van der Waals surface area contributed by atoms with Crippen LogP contribution < -0.4 is 5.32 Å². The monoisotopic (exact) mass is 333 g/mol. The number of amides is 1. The predicted molar refractivity (Wildman–Crippen MR) is 83.0 cm³/mol. The largest absolute Gasteiger partial charge is 0.336 e. The topological polar surface area (TPSA) is 45.2 Å². The van der Waals surface area contributed by atoms with Crippen molar-refractivity contribution in [2.45, 2.75) is 6.92 Å². The van der Waals surface area contributed by atoms with Gasteiger partial charge in [-0.2, -0.15) is 0 Å². The summed E-state index contributed by atoms with van der Waals surface area (Å²) in [7, 11) is 0. The van der Waals surface area contributed by atoms with Crippen molar-refractivity contribution in [3.05, 3.63) is 40.0 Å². The summed E-state index contributed by atoms with van der Waals surface area (Å²) in [6, 6.07) is 7.76. The molecule has 1 amide bonds. The quantitative estimate of drug-likeness (QED) is 0.871. The highest BCUT2D eigenvalue weighted by Crippen LogP contribution is 2.23. The summed E-state index contributed by atoms with van der Waals surface area (Å²) in [6.45, 7) is 5.17. The van der Waals surface area contributed by atoms with Gasteiger partial charge in [-0.25, -0.2) is 0 Å². The van der Waals surface area contributed by atoms with E-state index >= 15 is 0 Å². The maximum absolute atomic E-state index is 12.7. The van der Waals surface area contributed by atoms with E-state index in [4.69, 9.17) is 0 Å². The Morgan fingerprint density at radius 3 is 2.80 bits per heavy atom. The van der Waals surface area contributed by atoms with E-state index in [1.54, 1.807) is 0 Å². The normalized spacial score (nSPS) is 15.6. The van der Waals surface area contributed by atoms with Gasteiger partial charge in [0, 0.05) is 41.7 Å². The van der Waals surface area contributed by atoms with E-state index in [0.717, 1.165) is 52.8 Å². The highest BCUT2D eigenvalue weighted by Gasteiger charge is 2.20. The average molecular weight is 334 g/mol. The molecule has 0 radical (unpaired) electrons. The van der Waals surface area contributed by atoms with Crippen LogP contribution in [0.2, 0.25) is 0 Å². The van der Waals surface area contributed by atoms with Crippen LogP contribution in [-0.4, -0.2) is 42.0 Å². The lowest BCUT2D eigenvalue weighted by Gasteiger charge is -2.28. The fraction of sp³-hybridized carbons (Fsp3) is 0.333. The van der Waals surface area contributed by atoms with Gasteiger partial charge in [-0.05, 0) is 25.1 Å². The van der Waals surface area contributed by atoms with E-state index in [-0.39, 0.29) is 5.91 Å². The van der Waals surface area contributed by atoms with E-state index < -0.39 is 0 Å². The Labute approximate surface area is 126 Å². The maximum atomic E-state index is 12.7. The summed E-state index contributed by atoms with van der Waals surface area (Å²) in [6.07, 6.45) is 0. The third-order valence-corrected chi connectivity index (χ3v) is 4.03.